The van der Waals surface area contributed by atoms with Crippen molar-refractivity contribution in [3.8, 4) is 0 Å². The van der Waals surface area contributed by atoms with Crippen LogP contribution >= 0.6 is 11.6 Å². The van der Waals surface area contributed by atoms with Crippen molar-refractivity contribution in [1.82, 2.24) is 10.3 Å². The number of oxazole rings is 1. The summed E-state index contributed by atoms with van der Waals surface area (Å²) in [5, 5.41) is 12.7. The smallest absolute Gasteiger partial charge is 0.298 e. The summed E-state index contributed by atoms with van der Waals surface area (Å²) in [5.74, 6) is -0.0702. The summed E-state index contributed by atoms with van der Waals surface area (Å²) in [7, 11) is 0. The average Bonchev–Trinajstić information content (AvgIpc) is 3.15. The first-order valence-corrected chi connectivity index (χ1v) is 9.77. The Morgan fingerprint density at radius 1 is 1.25 bits per heavy atom. The predicted octanol–water partition coefficient (Wildman–Crippen LogP) is 3.51. The molecule has 1 amide bonds. The zero-order valence-electron chi connectivity index (χ0n) is 15.4. The lowest BCUT2D eigenvalue weighted by Crippen LogP contribution is -2.43. The molecule has 4 rings (SSSR count). The van der Waals surface area contributed by atoms with Gasteiger partial charge in [0.1, 0.15) is 5.52 Å². The van der Waals surface area contributed by atoms with Crippen LogP contribution in [-0.4, -0.2) is 29.1 Å². The summed E-state index contributed by atoms with van der Waals surface area (Å²) in [4.78, 5) is 19.2. The molecule has 1 aliphatic rings. The highest BCUT2D eigenvalue weighted by Gasteiger charge is 2.28. The first-order valence-electron chi connectivity index (χ1n) is 9.40. The fourth-order valence-electron chi connectivity index (χ4n) is 3.48. The fraction of sp³-hybridized carbons (Fsp3) is 0.333. The second-order valence-electron chi connectivity index (χ2n) is 7.09. The maximum Gasteiger partial charge on any atom is 0.298 e. The molecule has 0 saturated carbocycles. The van der Waals surface area contributed by atoms with Crippen molar-refractivity contribution < 1.29 is 14.3 Å². The van der Waals surface area contributed by atoms with Gasteiger partial charge in [-0.15, -0.1) is 0 Å². The van der Waals surface area contributed by atoms with E-state index in [9.17, 15) is 4.79 Å². The Hall–Kier alpha value is -2.57. The lowest BCUT2D eigenvalue weighted by Gasteiger charge is -2.30. The number of aromatic nitrogens is 1. The van der Waals surface area contributed by atoms with Crippen LogP contribution in [0.25, 0.3) is 11.1 Å². The second-order valence-corrected chi connectivity index (χ2v) is 7.52. The minimum atomic E-state index is -0.107. The van der Waals surface area contributed by atoms with Gasteiger partial charge in [-0.2, -0.15) is 4.98 Å². The van der Waals surface area contributed by atoms with Crippen LogP contribution in [0.15, 0.2) is 46.9 Å². The molecule has 1 fully saturated rings. The van der Waals surface area contributed by atoms with E-state index in [1.165, 1.54) is 0 Å². The molecular formula is C21H22ClN3O3. The summed E-state index contributed by atoms with van der Waals surface area (Å²) in [6, 6.07) is 13.5. The molecule has 2 N–H and O–H groups in total. The Morgan fingerprint density at radius 2 is 2.04 bits per heavy atom. The monoisotopic (exact) mass is 399 g/mol. The number of aliphatic hydroxyl groups excluding tert-OH is 1. The zero-order valence-corrected chi connectivity index (χ0v) is 16.2. The molecule has 1 atom stereocenters. The SMILES string of the molecule is O=C(NCc1ccc(CO)cc1)C1CCCN(c2nc3cc(Cl)ccc3o2)C1. The predicted molar refractivity (Wildman–Crippen MR) is 108 cm³/mol. The molecule has 28 heavy (non-hydrogen) atoms. The normalized spacial score (nSPS) is 17.1. The summed E-state index contributed by atoms with van der Waals surface area (Å²) < 4.78 is 5.85. The molecule has 3 aromatic rings. The summed E-state index contributed by atoms with van der Waals surface area (Å²) in [6.45, 7) is 1.89. The van der Waals surface area contributed by atoms with Gasteiger partial charge in [0.15, 0.2) is 5.58 Å². The van der Waals surface area contributed by atoms with Crippen LogP contribution in [0.1, 0.15) is 24.0 Å². The lowest BCUT2D eigenvalue weighted by atomic mass is 9.97. The van der Waals surface area contributed by atoms with Gasteiger partial charge < -0.3 is 19.7 Å². The van der Waals surface area contributed by atoms with Gasteiger partial charge >= 0.3 is 0 Å². The van der Waals surface area contributed by atoms with Crippen LogP contribution in [-0.2, 0) is 17.9 Å². The number of amides is 1. The largest absolute Gasteiger partial charge is 0.423 e. The molecule has 7 heteroatoms. The van der Waals surface area contributed by atoms with Crippen molar-refractivity contribution in [2.24, 2.45) is 5.92 Å². The van der Waals surface area contributed by atoms with Gasteiger partial charge in [0.05, 0.1) is 12.5 Å². The number of nitrogens with zero attached hydrogens (tertiary/aromatic N) is 2. The van der Waals surface area contributed by atoms with E-state index in [2.05, 4.69) is 10.3 Å². The van der Waals surface area contributed by atoms with Crippen LogP contribution in [0, 0.1) is 5.92 Å². The number of fused-ring (bicyclic) bond motifs is 1. The van der Waals surface area contributed by atoms with Gasteiger partial charge in [0.2, 0.25) is 5.91 Å². The Morgan fingerprint density at radius 3 is 2.82 bits per heavy atom. The third-order valence-electron chi connectivity index (χ3n) is 5.07. The molecule has 1 aliphatic heterocycles. The highest BCUT2D eigenvalue weighted by molar-refractivity contribution is 6.31. The van der Waals surface area contributed by atoms with Crippen LogP contribution in [0.4, 0.5) is 6.01 Å². The van der Waals surface area contributed by atoms with E-state index in [-0.39, 0.29) is 18.4 Å². The number of rotatable bonds is 5. The van der Waals surface area contributed by atoms with Gasteiger partial charge in [0, 0.05) is 24.7 Å². The standard InChI is InChI=1S/C21H22ClN3O3/c22-17-7-8-19-18(10-17)24-21(28-19)25-9-1-2-16(12-25)20(27)23-11-14-3-5-15(13-26)6-4-14/h3-8,10,16,26H,1-2,9,11-13H2,(H,23,27). The number of carbonyl (C=O) groups excluding carboxylic acids is 1. The number of anilines is 1. The summed E-state index contributed by atoms with van der Waals surface area (Å²) in [5.41, 5.74) is 3.28. The Labute approximate surface area is 168 Å². The summed E-state index contributed by atoms with van der Waals surface area (Å²) in [6.07, 6.45) is 1.75. The van der Waals surface area contributed by atoms with E-state index >= 15 is 0 Å². The number of benzene rings is 2. The Kier molecular flexibility index (Phi) is 5.50. The molecule has 1 aromatic heterocycles. The number of hydrogen-bond acceptors (Lipinski definition) is 5. The number of carbonyl (C=O) groups is 1. The van der Waals surface area contributed by atoms with Crippen molar-refractivity contribution in [3.63, 3.8) is 0 Å². The minimum absolute atomic E-state index is 0.0204. The Bertz CT molecular complexity index is 971. The minimum Gasteiger partial charge on any atom is -0.423 e. The summed E-state index contributed by atoms with van der Waals surface area (Å²) >= 11 is 6.02. The quantitative estimate of drug-likeness (QED) is 0.686. The molecule has 0 aliphatic carbocycles. The van der Waals surface area contributed by atoms with Gasteiger partial charge in [-0.1, -0.05) is 35.9 Å². The first-order chi connectivity index (χ1) is 13.6. The van der Waals surface area contributed by atoms with Crippen molar-refractivity contribution in [2.45, 2.75) is 26.0 Å². The first kappa shape index (κ1) is 18.8. The van der Waals surface area contributed by atoms with Crippen LogP contribution < -0.4 is 10.2 Å². The maximum atomic E-state index is 12.6. The average molecular weight is 400 g/mol. The topological polar surface area (TPSA) is 78.6 Å². The van der Waals surface area contributed by atoms with Gasteiger partial charge in [-0.25, -0.2) is 0 Å². The number of halogens is 1. The highest BCUT2D eigenvalue weighted by Crippen LogP contribution is 2.28. The van der Waals surface area contributed by atoms with E-state index in [1.54, 1.807) is 12.1 Å². The number of piperidine rings is 1. The van der Waals surface area contributed by atoms with Gasteiger partial charge in [-0.05, 0) is 42.2 Å². The molecule has 0 bridgehead atoms. The zero-order chi connectivity index (χ0) is 19.5. The molecule has 146 valence electrons. The van der Waals surface area contributed by atoms with E-state index in [1.807, 2.05) is 35.2 Å². The van der Waals surface area contributed by atoms with Crippen molar-refractivity contribution >= 4 is 34.6 Å². The number of aliphatic hydroxyl groups is 1. The van der Waals surface area contributed by atoms with Crippen LogP contribution in [0.5, 0.6) is 0 Å². The third-order valence-corrected chi connectivity index (χ3v) is 5.31. The van der Waals surface area contributed by atoms with E-state index in [0.29, 0.717) is 29.7 Å². The molecule has 2 heterocycles. The lowest BCUT2D eigenvalue weighted by molar-refractivity contribution is -0.125. The number of nitrogens with one attached hydrogen (secondary N) is 1. The third kappa shape index (κ3) is 4.13. The van der Waals surface area contributed by atoms with Crippen molar-refractivity contribution in [1.29, 1.82) is 0 Å². The van der Waals surface area contributed by atoms with E-state index in [0.717, 1.165) is 36.0 Å². The fourth-order valence-corrected chi connectivity index (χ4v) is 3.65. The molecule has 1 unspecified atom stereocenters. The molecule has 0 spiro atoms. The van der Waals surface area contributed by atoms with Crippen molar-refractivity contribution in [2.75, 3.05) is 18.0 Å². The molecule has 1 saturated heterocycles. The molecule has 2 aromatic carbocycles. The van der Waals surface area contributed by atoms with E-state index in [4.69, 9.17) is 21.1 Å². The second kappa shape index (κ2) is 8.20. The maximum absolute atomic E-state index is 12.6. The van der Waals surface area contributed by atoms with Crippen LogP contribution in [0.2, 0.25) is 5.02 Å². The molecule has 0 radical (unpaired) electrons. The van der Waals surface area contributed by atoms with E-state index < -0.39 is 0 Å². The molecule has 6 nitrogen and oxygen atoms in total. The van der Waals surface area contributed by atoms with Crippen LogP contribution in [0.3, 0.4) is 0 Å². The number of hydrogen-bond donors (Lipinski definition) is 2. The van der Waals surface area contributed by atoms with Gasteiger partial charge in [-0.3, -0.25) is 4.79 Å². The Balaban J connectivity index is 1.38. The van der Waals surface area contributed by atoms with Gasteiger partial charge in [0.25, 0.3) is 6.01 Å². The van der Waals surface area contributed by atoms with Crippen molar-refractivity contribution in [3.05, 3.63) is 58.6 Å². The highest BCUT2D eigenvalue weighted by atomic mass is 35.5. The molecular weight excluding hydrogens is 378 g/mol.